The van der Waals surface area contributed by atoms with E-state index in [-0.39, 0.29) is 17.9 Å². The van der Waals surface area contributed by atoms with Gasteiger partial charge in [-0.1, -0.05) is 48.0 Å². The van der Waals surface area contributed by atoms with Gasteiger partial charge in [0.2, 0.25) is 12.3 Å². The van der Waals surface area contributed by atoms with E-state index in [0.717, 1.165) is 35.5 Å². The first-order valence-corrected chi connectivity index (χ1v) is 11.7. The minimum Gasteiger partial charge on any atom is -0.372 e. The molecular formula is C28H31N4O2+. The van der Waals surface area contributed by atoms with E-state index < -0.39 is 6.04 Å². The van der Waals surface area contributed by atoms with Crippen LogP contribution in [0.3, 0.4) is 0 Å². The first kappa shape index (κ1) is 23.2. The summed E-state index contributed by atoms with van der Waals surface area (Å²) in [7, 11) is 0. The predicted octanol–water partition coefficient (Wildman–Crippen LogP) is 3.86. The lowest BCUT2D eigenvalue weighted by Gasteiger charge is -2.20. The van der Waals surface area contributed by atoms with Gasteiger partial charge in [-0.25, -0.2) is 0 Å². The number of aryl methyl sites for hydroxylation is 1. The molecule has 3 aromatic carbocycles. The summed E-state index contributed by atoms with van der Waals surface area (Å²) in [5.74, 6) is -0.519. The maximum atomic E-state index is 13.0. The third-order valence-corrected chi connectivity index (χ3v) is 6.19. The highest BCUT2D eigenvalue weighted by molar-refractivity contribution is 5.98. The normalized spacial score (nSPS) is 18.6. The SMILES string of the molecule is CCN(CC)c1ccc(/C=[N+]2\NC(=O)[C@@H](NC(=O)c3ccccc3)[C@H]2c2ccc(C)cc2)cc1. The molecule has 1 aliphatic rings. The summed E-state index contributed by atoms with van der Waals surface area (Å²) in [6.45, 7) is 8.19. The number of benzene rings is 3. The van der Waals surface area contributed by atoms with Crippen LogP contribution in [0.5, 0.6) is 0 Å². The zero-order valence-electron chi connectivity index (χ0n) is 19.9. The number of amides is 2. The largest absolute Gasteiger partial charge is 0.372 e. The van der Waals surface area contributed by atoms with Gasteiger partial charge in [-0.2, -0.15) is 0 Å². The van der Waals surface area contributed by atoms with Crippen LogP contribution in [0.4, 0.5) is 5.69 Å². The number of hydrazone groups is 1. The summed E-state index contributed by atoms with van der Waals surface area (Å²) in [5, 5.41) is 2.94. The maximum Gasteiger partial charge on any atom is 0.304 e. The van der Waals surface area contributed by atoms with Crippen molar-refractivity contribution in [2.45, 2.75) is 32.9 Å². The molecule has 3 aromatic rings. The number of hydrazine groups is 1. The molecule has 0 aliphatic carbocycles. The van der Waals surface area contributed by atoms with Crippen molar-refractivity contribution in [3.63, 3.8) is 0 Å². The smallest absolute Gasteiger partial charge is 0.304 e. The van der Waals surface area contributed by atoms with Gasteiger partial charge in [0, 0.05) is 35.5 Å². The van der Waals surface area contributed by atoms with Crippen LogP contribution in [-0.4, -0.2) is 41.8 Å². The molecule has 0 bridgehead atoms. The number of nitrogens with one attached hydrogen (secondary N) is 2. The Hall–Kier alpha value is -3.93. The Kier molecular flexibility index (Phi) is 7.07. The van der Waals surface area contributed by atoms with Crippen molar-refractivity contribution in [3.8, 4) is 0 Å². The average Bonchev–Trinajstić information content (AvgIpc) is 3.16. The van der Waals surface area contributed by atoms with E-state index in [0.29, 0.717) is 5.56 Å². The number of hydrogen-bond donors (Lipinski definition) is 2. The molecule has 174 valence electrons. The first-order chi connectivity index (χ1) is 16.5. The monoisotopic (exact) mass is 455 g/mol. The van der Waals surface area contributed by atoms with E-state index >= 15 is 0 Å². The molecule has 0 saturated carbocycles. The molecule has 1 saturated heterocycles. The molecule has 34 heavy (non-hydrogen) atoms. The van der Waals surface area contributed by atoms with Crippen molar-refractivity contribution < 1.29 is 14.3 Å². The molecule has 2 N–H and O–H groups in total. The second-order valence-electron chi connectivity index (χ2n) is 8.45. The third kappa shape index (κ3) is 5.01. The fourth-order valence-corrected chi connectivity index (χ4v) is 4.28. The summed E-state index contributed by atoms with van der Waals surface area (Å²) >= 11 is 0. The lowest BCUT2D eigenvalue weighted by Crippen LogP contribution is -2.42. The van der Waals surface area contributed by atoms with Crippen molar-refractivity contribution in [1.29, 1.82) is 0 Å². The molecule has 1 heterocycles. The molecule has 2 amide bonds. The van der Waals surface area contributed by atoms with Gasteiger partial charge in [-0.05, 0) is 57.2 Å². The third-order valence-electron chi connectivity index (χ3n) is 6.19. The van der Waals surface area contributed by atoms with E-state index in [1.807, 2.05) is 67.7 Å². The van der Waals surface area contributed by atoms with E-state index in [9.17, 15) is 9.59 Å². The Balaban J connectivity index is 1.66. The summed E-state index contributed by atoms with van der Waals surface area (Å²) < 4.78 is 1.80. The molecule has 1 fully saturated rings. The second kappa shape index (κ2) is 10.3. The van der Waals surface area contributed by atoms with E-state index in [1.165, 1.54) is 0 Å². The molecule has 0 unspecified atom stereocenters. The molecule has 4 rings (SSSR count). The second-order valence-corrected chi connectivity index (χ2v) is 8.45. The van der Waals surface area contributed by atoms with Gasteiger partial charge in [-0.15, -0.1) is 10.1 Å². The quantitative estimate of drug-likeness (QED) is 0.532. The average molecular weight is 456 g/mol. The first-order valence-electron chi connectivity index (χ1n) is 11.7. The minimum atomic E-state index is -0.735. The lowest BCUT2D eigenvalue weighted by atomic mass is 9.98. The molecule has 6 heteroatoms. The van der Waals surface area contributed by atoms with Crippen LogP contribution in [0.2, 0.25) is 0 Å². The summed E-state index contributed by atoms with van der Waals surface area (Å²) in [6, 6.07) is 24.2. The van der Waals surface area contributed by atoms with Gasteiger partial charge in [0.25, 0.3) is 5.91 Å². The predicted molar refractivity (Wildman–Crippen MR) is 135 cm³/mol. The zero-order chi connectivity index (χ0) is 24.1. The number of rotatable bonds is 7. The van der Waals surface area contributed by atoms with Crippen molar-refractivity contribution in [3.05, 3.63) is 101 Å². The fraction of sp³-hybridized carbons (Fsp3) is 0.250. The van der Waals surface area contributed by atoms with Crippen molar-refractivity contribution in [1.82, 2.24) is 10.7 Å². The number of hydrogen-bond acceptors (Lipinski definition) is 3. The van der Waals surface area contributed by atoms with Gasteiger partial charge in [0.15, 0.2) is 6.04 Å². The standard InChI is InChI=1S/C28H30N4O2/c1-4-31(5-2)24-17-13-21(14-18-24)19-32-26(22-15-11-20(3)12-16-22)25(28(34)30-32)29-27(33)23-9-7-6-8-10-23/h6-19,25-26H,4-5H2,1-3H3,(H-,29,30,33,34)/p+1/t25-,26+/m0/s1. The van der Waals surface area contributed by atoms with Gasteiger partial charge in [-0.3, -0.25) is 9.59 Å². The Morgan fingerprint density at radius 3 is 2.24 bits per heavy atom. The molecule has 2 atom stereocenters. The van der Waals surface area contributed by atoms with Crippen LogP contribution in [0.15, 0.2) is 78.9 Å². The van der Waals surface area contributed by atoms with E-state index in [2.05, 4.69) is 41.6 Å². The van der Waals surface area contributed by atoms with Crippen LogP contribution in [0.25, 0.3) is 0 Å². The summed E-state index contributed by atoms with van der Waals surface area (Å²) in [5.41, 5.74) is 7.67. The maximum absolute atomic E-state index is 13.0. The highest BCUT2D eigenvalue weighted by Crippen LogP contribution is 2.26. The van der Waals surface area contributed by atoms with Crippen LogP contribution < -0.4 is 15.6 Å². The topological polar surface area (TPSA) is 64.5 Å². The molecule has 1 aliphatic heterocycles. The van der Waals surface area contributed by atoms with Crippen molar-refractivity contribution >= 4 is 23.7 Å². The highest BCUT2D eigenvalue weighted by atomic mass is 16.2. The van der Waals surface area contributed by atoms with Crippen LogP contribution in [0, 0.1) is 6.92 Å². The molecular weight excluding hydrogens is 424 g/mol. The molecule has 6 nitrogen and oxygen atoms in total. The number of nitrogens with zero attached hydrogens (tertiary/aromatic N) is 2. The van der Waals surface area contributed by atoms with Crippen LogP contribution in [0.1, 0.15) is 46.9 Å². The molecule has 0 spiro atoms. The van der Waals surface area contributed by atoms with Gasteiger partial charge < -0.3 is 10.2 Å². The summed E-state index contributed by atoms with van der Waals surface area (Å²) in [4.78, 5) is 28.2. The minimum absolute atomic E-state index is 0.245. The Labute approximate surface area is 200 Å². The zero-order valence-corrected chi connectivity index (χ0v) is 19.9. The lowest BCUT2D eigenvalue weighted by molar-refractivity contribution is -0.596. The van der Waals surface area contributed by atoms with Gasteiger partial charge in [0.1, 0.15) is 0 Å². The van der Waals surface area contributed by atoms with Crippen LogP contribution in [-0.2, 0) is 4.79 Å². The van der Waals surface area contributed by atoms with Crippen LogP contribution >= 0.6 is 0 Å². The fourth-order valence-electron chi connectivity index (χ4n) is 4.28. The van der Waals surface area contributed by atoms with E-state index in [1.54, 1.807) is 16.8 Å². The number of carbonyl (C=O) groups is 2. The van der Waals surface area contributed by atoms with Crippen molar-refractivity contribution in [2.24, 2.45) is 0 Å². The summed E-state index contributed by atoms with van der Waals surface area (Å²) in [6.07, 6.45) is 1.92. The Morgan fingerprint density at radius 2 is 1.62 bits per heavy atom. The van der Waals surface area contributed by atoms with E-state index in [4.69, 9.17) is 0 Å². The number of carbonyl (C=O) groups excluding carboxylic acids is 2. The Bertz CT molecular complexity index is 1170. The molecule has 0 radical (unpaired) electrons. The molecule has 0 aromatic heterocycles. The van der Waals surface area contributed by atoms with Crippen molar-refractivity contribution in [2.75, 3.05) is 18.0 Å². The van der Waals surface area contributed by atoms with Gasteiger partial charge in [0.05, 0.1) is 0 Å². The number of anilines is 1. The highest BCUT2D eigenvalue weighted by Gasteiger charge is 2.47. The Morgan fingerprint density at radius 1 is 0.971 bits per heavy atom. The van der Waals surface area contributed by atoms with Gasteiger partial charge >= 0.3 is 5.91 Å².